The first-order valence-corrected chi connectivity index (χ1v) is 5.21. The van der Waals surface area contributed by atoms with Gasteiger partial charge in [0.2, 0.25) is 0 Å². The Hall–Kier alpha value is -1.30. The lowest BCUT2D eigenvalue weighted by Crippen LogP contribution is -2.61. The Bertz CT molecular complexity index is 342. The molecular weight excluding hydrogens is 268 g/mol. The van der Waals surface area contributed by atoms with Gasteiger partial charge >= 0.3 is 11.9 Å². The molecule has 10 heteroatoms. The second kappa shape index (κ2) is 6.23. The minimum atomic E-state index is -1.90. The van der Waals surface area contributed by atoms with Gasteiger partial charge in [-0.25, -0.2) is 9.59 Å². The van der Waals surface area contributed by atoms with Crippen LogP contribution in [0.2, 0.25) is 0 Å². The molecule has 1 rings (SSSR count). The third kappa shape index (κ3) is 3.37. The molecular formula is C9H14O10. The number of carbonyl (C=O) groups is 2. The molecule has 6 atom stereocenters. The van der Waals surface area contributed by atoms with Gasteiger partial charge in [0.05, 0.1) is 6.61 Å². The van der Waals surface area contributed by atoms with Gasteiger partial charge in [-0.2, -0.15) is 0 Å². The first kappa shape index (κ1) is 15.8. The van der Waals surface area contributed by atoms with E-state index < -0.39 is 55.4 Å². The van der Waals surface area contributed by atoms with Crippen molar-refractivity contribution < 1.29 is 49.7 Å². The predicted molar refractivity (Wildman–Crippen MR) is 53.9 cm³/mol. The Morgan fingerprint density at radius 1 is 1.11 bits per heavy atom. The Balaban J connectivity index is 2.82. The molecule has 0 aliphatic carbocycles. The summed E-state index contributed by atoms with van der Waals surface area (Å²) in [6.07, 6.45) is -11.1. The van der Waals surface area contributed by atoms with Gasteiger partial charge in [0.25, 0.3) is 0 Å². The van der Waals surface area contributed by atoms with Gasteiger partial charge in [0.15, 0.2) is 18.5 Å². The molecule has 0 radical (unpaired) electrons. The summed E-state index contributed by atoms with van der Waals surface area (Å²) in [5, 5.41) is 54.4. The van der Waals surface area contributed by atoms with Crippen LogP contribution < -0.4 is 0 Å². The number of aliphatic carboxylic acids is 2. The molecule has 1 heterocycles. The summed E-state index contributed by atoms with van der Waals surface area (Å²) >= 11 is 0. The van der Waals surface area contributed by atoms with Crippen LogP contribution in [0.3, 0.4) is 0 Å². The van der Waals surface area contributed by atoms with Crippen molar-refractivity contribution in [1.29, 1.82) is 0 Å². The number of ether oxygens (including phenoxy) is 2. The number of carboxylic acid groups (broad SMARTS) is 2. The highest BCUT2D eigenvalue weighted by Gasteiger charge is 2.48. The summed E-state index contributed by atoms with van der Waals surface area (Å²) in [6, 6.07) is 0. The summed E-state index contributed by atoms with van der Waals surface area (Å²) in [5.74, 6) is -3.19. The smallest absolute Gasteiger partial charge is 0.335 e. The average Bonchev–Trinajstić information content (AvgIpc) is 2.34. The fraction of sp³-hybridized carbons (Fsp3) is 0.778. The standard InChI is InChI=1S/C9H14O10/c10-1-2(7(14)15)18-9-5(13)3(11)4(12)6(19-9)8(16)17/h2-6,9-13H,1H2,(H,14,15)(H,16,17)/t2?,3?,4-,5?,6?,9+/m0/s1. The molecule has 0 bridgehead atoms. The Morgan fingerprint density at radius 2 is 1.68 bits per heavy atom. The number of hydrogen-bond donors (Lipinski definition) is 6. The zero-order chi connectivity index (χ0) is 14.7. The van der Waals surface area contributed by atoms with Crippen LogP contribution in [0.15, 0.2) is 0 Å². The lowest BCUT2D eigenvalue weighted by atomic mass is 9.99. The van der Waals surface area contributed by atoms with Crippen LogP contribution in [0.5, 0.6) is 0 Å². The maximum absolute atomic E-state index is 10.8. The van der Waals surface area contributed by atoms with E-state index in [2.05, 4.69) is 9.47 Å². The Kier molecular flexibility index (Phi) is 5.17. The zero-order valence-electron chi connectivity index (χ0n) is 9.49. The van der Waals surface area contributed by atoms with Crippen molar-refractivity contribution in [3.05, 3.63) is 0 Å². The Morgan fingerprint density at radius 3 is 2.11 bits per heavy atom. The van der Waals surface area contributed by atoms with Gasteiger partial charge in [0, 0.05) is 0 Å². The number of aliphatic hydroxyl groups excluding tert-OH is 4. The molecule has 1 fully saturated rings. The minimum absolute atomic E-state index is 0.946. The van der Waals surface area contributed by atoms with E-state index in [1.165, 1.54) is 0 Å². The average molecular weight is 282 g/mol. The highest BCUT2D eigenvalue weighted by atomic mass is 16.7. The molecule has 0 aromatic heterocycles. The quantitative estimate of drug-likeness (QED) is 0.295. The number of aliphatic hydroxyl groups is 4. The van der Waals surface area contributed by atoms with Crippen molar-refractivity contribution in [2.45, 2.75) is 36.8 Å². The van der Waals surface area contributed by atoms with Crippen molar-refractivity contribution in [1.82, 2.24) is 0 Å². The molecule has 1 saturated heterocycles. The number of rotatable bonds is 5. The fourth-order valence-electron chi connectivity index (χ4n) is 1.51. The highest BCUT2D eigenvalue weighted by Crippen LogP contribution is 2.23. The van der Waals surface area contributed by atoms with E-state index in [4.69, 9.17) is 15.3 Å². The molecule has 0 aromatic rings. The van der Waals surface area contributed by atoms with E-state index in [0.29, 0.717) is 0 Å². The highest BCUT2D eigenvalue weighted by molar-refractivity contribution is 5.73. The van der Waals surface area contributed by atoms with Gasteiger partial charge in [0.1, 0.15) is 18.3 Å². The summed E-state index contributed by atoms with van der Waals surface area (Å²) in [5.41, 5.74) is 0. The van der Waals surface area contributed by atoms with Crippen LogP contribution in [0, 0.1) is 0 Å². The summed E-state index contributed by atoms with van der Waals surface area (Å²) < 4.78 is 9.33. The van der Waals surface area contributed by atoms with Crippen molar-refractivity contribution >= 4 is 11.9 Å². The molecule has 0 aromatic carbocycles. The van der Waals surface area contributed by atoms with E-state index in [0.717, 1.165) is 0 Å². The molecule has 0 saturated carbocycles. The van der Waals surface area contributed by atoms with Gasteiger partial charge < -0.3 is 40.1 Å². The van der Waals surface area contributed by atoms with Crippen molar-refractivity contribution in [3.8, 4) is 0 Å². The molecule has 110 valence electrons. The van der Waals surface area contributed by atoms with Crippen molar-refractivity contribution in [3.63, 3.8) is 0 Å². The third-order valence-electron chi connectivity index (χ3n) is 2.55. The summed E-state index contributed by atoms with van der Waals surface area (Å²) in [6.45, 7) is -0.946. The maximum atomic E-state index is 10.8. The molecule has 6 N–H and O–H groups in total. The van der Waals surface area contributed by atoms with Crippen LogP contribution in [0.25, 0.3) is 0 Å². The van der Waals surface area contributed by atoms with E-state index >= 15 is 0 Å². The Labute approximate surface area is 106 Å². The van der Waals surface area contributed by atoms with Gasteiger partial charge in [-0.15, -0.1) is 0 Å². The van der Waals surface area contributed by atoms with Gasteiger partial charge in [-0.1, -0.05) is 0 Å². The molecule has 1 aliphatic rings. The predicted octanol–water partition coefficient (Wildman–Crippen LogP) is -3.66. The van der Waals surface area contributed by atoms with Gasteiger partial charge in [-0.05, 0) is 0 Å². The topological polar surface area (TPSA) is 174 Å². The lowest BCUT2D eigenvalue weighted by Gasteiger charge is -2.39. The van der Waals surface area contributed by atoms with Crippen LogP contribution in [0.1, 0.15) is 0 Å². The summed E-state index contributed by atoms with van der Waals surface area (Å²) in [4.78, 5) is 21.4. The van der Waals surface area contributed by atoms with Crippen molar-refractivity contribution in [2.75, 3.05) is 6.61 Å². The SMILES string of the molecule is O=C(O)C(CO)O[C@@H]1OC(C(=O)O)[C@@H](O)C(O)C1O. The molecule has 0 amide bonds. The van der Waals surface area contributed by atoms with Crippen LogP contribution in [0.4, 0.5) is 0 Å². The molecule has 19 heavy (non-hydrogen) atoms. The number of hydrogen-bond acceptors (Lipinski definition) is 8. The second-order valence-electron chi connectivity index (χ2n) is 3.88. The molecule has 1 aliphatic heterocycles. The summed E-state index contributed by atoms with van der Waals surface area (Å²) in [7, 11) is 0. The molecule has 10 nitrogen and oxygen atoms in total. The van der Waals surface area contributed by atoms with E-state index in [9.17, 15) is 24.9 Å². The van der Waals surface area contributed by atoms with Crippen LogP contribution in [-0.2, 0) is 19.1 Å². The zero-order valence-corrected chi connectivity index (χ0v) is 9.49. The minimum Gasteiger partial charge on any atom is -0.479 e. The normalized spacial score (nSPS) is 36.7. The largest absolute Gasteiger partial charge is 0.479 e. The molecule has 0 spiro atoms. The van der Waals surface area contributed by atoms with Crippen LogP contribution >= 0.6 is 0 Å². The third-order valence-corrected chi connectivity index (χ3v) is 2.55. The first-order chi connectivity index (χ1) is 8.79. The second-order valence-corrected chi connectivity index (χ2v) is 3.88. The van der Waals surface area contributed by atoms with E-state index in [-0.39, 0.29) is 0 Å². The van der Waals surface area contributed by atoms with Crippen LogP contribution in [-0.4, -0.2) is 86.0 Å². The number of carboxylic acids is 2. The maximum Gasteiger partial charge on any atom is 0.335 e. The monoisotopic (exact) mass is 282 g/mol. The van der Waals surface area contributed by atoms with Crippen molar-refractivity contribution in [2.24, 2.45) is 0 Å². The van der Waals surface area contributed by atoms with Gasteiger partial charge in [-0.3, -0.25) is 0 Å². The lowest BCUT2D eigenvalue weighted by molar-refractivity contribution is -0.304. The van der Waals surface area contributed by atoms with E-state index in [1.807, 2.05) is 0 Å². The molecule has 4 unspecified atom stereocenters. The fourth-order valence-corrected chi connectivity index (χ4v) is 1.51. The first-order valence-electron chi connectivity index (χ1n) is 5.21. The van der Waals surface area contributed by atoms with E-state index in [1.54, 1.807) is 0 Å².